The molecule has 4 nitrogen and oxygen atoms in total. The van der Waals surface area contributed by atoms with E-state index in [-0.39, 0.29) is 24.0 Å². The summed E-state index contributed by atoms with van der Waals surface area (Å²) >= 11 is 1.86. The lowest BCUT2D eigenvalue weighted by molar-refractivity contribution is 0.159. The highest BCUT2D eigenvalue weighted by Crippen LogP contribution is 2.15. The zero-order chi connectivity index (χ0) is 15.5. The molecule has 132 valence electrons. The Hall–Kier alpha value is 0.310. The lowest BCUT2D eigenvalue weighted by Crippen LogP contribution is -2.41. The molecule has 0 amide bonds. The predicted octanol–water partition coefficient (Wildman–Crippen LogP) is 3.18. The van der Waals surface area contributed by atoms with E-state index in [0.29, 0.717) is 5.25 Å². The highest BCUT2D eigenvalue weighted by molar-refractivity contribution is 14.0. The molecule has 1 fully saturated rings. The van der Waals surface area contributed by atoms with Crippen LogP contribution in [0.5, 0.6) is 0 Å². The molecule has 2 N–H and O–H groups in total. The zero-order valence-electron chi connectivity index (χ0n) is 14.7. The van der Waals surface area contributed by atoms with E-state index in [1.807, 2.05) is 11.8 Å². The topological polar surface area (TPSA) is 39.7 Å². The van der Waals surface area contributed by atoms with Crippen molar-refractivity contribution >= 4 is 41.7 Å². The van der Waals surface area contributed by atoms with Crippen LogP contribution < -0.4 is 10.6 Å². The van der Waals surface area contributed by atoms with Crippen molar-refractivity contribution in [3.8, 4) is 0 Å². The van der Waals surface area contributed by atoms with Crippen molar-refractivity contribution in [2.45, 2.75) is 57.7 Å². The van der Waals surface area contributed by atoms with Crippen LogP contribution in [0.25, 0.3) is 0 Å². The van der Waals surface area contributed by atoms with Gasteiger partial charge in [0.05, 0.1) is 6.54 Å². The summed E-state index contributed by atoms with van der Waals surface area (Å²) in [5.74, 6) is 0.963. The fraction of sp³-hybridized carbons (Fsp3) is 0.938. The molecule has 1 aliphatic heterocycles. The lowest BCUT2D eigenvalue weighted by Gasteiger charge is -2.33. The summed E-state index contributed by atoms with van der Waals surface area (Å²) < 4.78 is 0. The Bertz CT molecular complexity index is 302. The molecule has 1 saturated heterocycles. The molecule has 22 heavy (non-hydrogen) atoms. The first-order valence-corrected chi connectivity index (χ1v) is 9.75. The highest BCUT2D eigenvalue weighted by Gasteiger charge is 2.17. The van der Waals surface area contributed by atoms with Gasteiger partial charge in [-0.25, -0.2) is 0 Å². The van der Waals surface area contributed by atoms with E-state index in [2.05, 4.69) is 47.6 Å². The van der Waals surface area contributed by atoms with Crippen molar-refractivity contribution in [2.24, 2.45) is 4.99 Å². The van der Waals surface area contributed by atoms with Gasteiger partial charge in [0, 0.05) is 30.9 Å². The van der Waals surface area contributed by atoms with E-state index in [4.69, 9.17) is 0 Å². The summed E-state index contributed by atoms with van der Waals surface area (Å²) in [6, 6.07) is 0.767. The molecule has 0 aromatic carbocycles. The maximum absolute atomic E-state index is 4.64. The normalized spacial score (nSPS) is 21.1. The van der Waals surface area contributed by atoms with Crippen LogP contribution in [-0.2, 0) is 0 Å². The maximum atomic E-state index is 4.64. The number of hydrogen-bond donors (Lipinski definition) is 2. The Morgan fingerprint density at radius 1 is 1.36 bits per heavy atom. The molecule has 6 heteroatoms. The second-order valence-corrected chi connectivity index (χ2v) is 7.20. The van der Waals surface area contributed by atoms with E-state index >= 15 is 0 Å². The monoisotopic (exact) mass is 442 g/mol. The molecule has 0 radical (unpaired) electrons. The average molecular weight is 442 g/mol. The summed E-state index contributed by atoms with van der Waals surface area (Å²) in [4.78, 5) is 7.27. The quantitative estimate of drug-likeness (QED) is 0.262. The van der Waals surface area contributed by atoms with E-state index in [9.17, 15) is 0 Å². The number of nitrogens with one attached hydrogen (secondary N) is 2. The van der Waals surface area contributed by atoms with Crippen LogP contribution in [-0.4, -0.2) is 61.1 Å². The van der Waals surface area contributed by atoms with Crippen LogP contribution in [0.2, 0.25) is 0 Å². The molecule has 1 rings (SSSR count). The third-order valence-corrected chi connectivity index (χ3v) is 5.06. The Morgan fingerprint density at radius 3 is 2.77 bits per heavy atom. The minimum absolute atomic E-state index is 0. The number of piperidine rings is 1. The number of aliphatic imine (C=N–C) groups is 1. The molecule has 0 saturated carbocycles. The fourth-order valence-electron chi connectivity index (χ4n) is 2.61. The number of nitrogens with zero attached hydrogens (tertiary/aromatic N) is 2. The van der Waals surface area contributed by atoms with E-state index < -0.39 is 0 Å². The van der Waals surface area contributed by atoms with Crippen LogP contribution in [0.15, 0.2) is 4.99 Å². The first-order valence-electron chi connectivity index (χ1n) is 8.46. The Morgan fingerprint density at radius 2 is 2.14 bits per heavy atom. The standard InChI is InChI=1S/C16H34N4S.HI/c1-5-17-16(19-13-15(3)21-4)18-10-8-12-20-11-7-6-9-14(20)2;/h14-15H,5-13H2,1-4H3,(H2,17,18,19);1H. The number of thioether (sulfide) groups is 1. The predicted molar refractivity (Wildman–Crippen MR) is 112 cm³/mol. The van der Waals surface area contributed by atoms with Crippen molar-refractivity contribution in [1.29, 1.82) is 0 Å². The van der Waals surface area contributed by atoms with Crippen LogP contribution in [0, 0.1) is 0 Å². The van der Waals surface area contributed by atoms with Gasteiger partial charge in [-0.05, 0) is 45.9 Å². The van der Waals surface area contributed by atoms with Gasteiger partial charge in [-0.15, -0.1) is 24.0 Å². The molecule has 2 atom stereocenters. The summed E-state index contributed by atoms with van der Waals surface area (Å²) in [6.07, 6.45) is 7.46. The smallest absolute Gasteiger partial charge is 0.191 e. The average Bonchev–Trinajstić information content (AvgIpc) is 2.50. The molecule has 0 bridgehead atoms. The largest absolute Gasteiger partial charge is 0.357 e. The molecule has 1 heterocycles. The van der Waals surface area contributed by atoms with Crippen molar-refractivity contribution < 1.29 is 0 Å². The molecular formula is C16H35IN4S. The van der Waals surface area contributed by atoms with Gasteiger partial charge in [0.25, 0.3) is 0 Å². The third kappa shape index (κ3) is 9.45. The van der Waals surface area contributed by atoms with Crippen LogP contribution in [0.1, 0.15) is 46.5 Å². The number of hydrogen-bond acceptors (Lipinski definition) is 3. The maximum Gasteiger partial charge on any atom is 0.191 e. The van der Waals surface area contributed by atoms with Crippen molar-refractivity contribution in [1.82, 2.24) is 15.5 Å². The summed E-state index contributed by atoms with van der Waals surface area (Å²) in [5.41, 5.74) is 0. The lowest BCUT2D eigenvalue weighted by atomic mass is 10.0. The second-order valence-electron chi connectivity index (χ2n) is 5.93. The minimum atomic E-state index is 0. The van der Waals surface area contributed by atoms with Crippen LogP contribution in [0.4, 0.5) is 0 Å². The number of halogens is 1. The first kappa shape index (κ1) is 22.3. The summed E-state index contributed by atoms with van der Waals surface area (Å²) in [6.45, 7) is 12.0. The Labute approximate surface area is 158 Å². The van der Waals surface area contributed by atoms with E-state index in [0.717, 1.165) is 31.6 Å². The van der Waals surface area contributed by atoms with E-state index in [1.54, 1.807) is 0 Å². The second kappa shape index (κ2) is 13.7. The summed E-state index contributed by atoms with van der Waals surface area (Å²) in [7, 11) is 0. The molecule has 2 unspecified atom stereocenters. The van der Waals surface area contributed by atoms with Crippen LogP contribution >= 0.6 is 35.7 Å². The summed E-state index contributed by atoms with van der Waals surface area (Å²) in [5, 5.41) is 7.36. The van der Waals surface area contributed by atoms with Gasteiger partial charge in [-0.3, -0.25) is 4.99 Å². The van der Waals surface area contributed by atoms with E-state index in [1.165, 1.54) is 38.8 Å². The van der Waals surface area contributed by atoms with Crippen molar-refractivity contribution in [3.63, 3.8) is 0 Å². The van der Waals surface area contributed by atoms with Crippen molar-refractivity contribution in [2.75, 3.05) is 39.0 Å². The molecule has 0 aromatic rings. The van der Waals surface area contributed by atoms with Gasteiger partial charge in [0.2, 0.25) is 0 Å². The molecule has 0 aromatic heterocycles. The number of likely N-dealkylation sites (tertiary alicyclic amines) is 1. The molecule has 0 aliphatic carbocycles. The molecule has 0 spiro atoms. The van der Waals surface area contributed by atoms with Gasteiger partial charge < -0.3 is 15.5 Å². The van der Waals surface area contributed by atoms with Gasteiger partial charge in [0.1, 0.15) is 0 Å². The van der Waals surface area contributed by atoms with Gasteiger partial charge in [-0.2, -0.15) is 11.8 Å². The SMILES string of the molecule is CCNC(=NCC(C)SC)NCCCN1CCCCC1C.I. The molecular weight excluding hydrogens is 407 g/mol. The Balaban J connectivity index is 0.00000441. The zero-order valence-corrected chi connectivity index (χ0v) is 17.9. The van der Waals surface area contributed by atoms with Crippen LogP contribution in [0.3, 0.4) is 0 Å². The fourth-order valence-corrected chi connectivity index (χ4v) is 2.84. The first-order chi connectivity index (χ1) is 10.2. The van der Waals surface area contributed by atoms with Gasteiger partial charge in [0.15, 0.2) is 5.96 Å². The number of rotatable bonds is 8. The number of guanidine groups is 1. The third-order valence-electron chi connectivity index (χ3n) is 4.11. The Kier molecular flexibility index (Phi) is 13.9. The van der Waals surface area contributed by atoms with Gasteiger partial charge in [-0.1, -0.05) is 13.3 Å². The minimum Gasteiger partial charge on any atom is -0.357 e. The molecule has 1 aliphatic rings. The van der Waals surface area contributed by atoms with Crippen molar-refractivity contribution in [3.05, 3.63) is 0 Å². The van der Waals surface area contributed by atoms with Gasteiger partial charge >= 0.3 is 0 Å². The highest BCUT2D eigenvalue weighted by atomic mass is 127.